The molecule has 0 aliphatic carbocycles. The van der Waals surface area contributed by atoms with Crippen LogP contribution in [0.4, 0.5) is 0 Å². The SMILES string of the molecule is CC1OC(CO)[C@@H](O[C@@H]2OC(CS)[C@@H](O)[C@H](O)C2O)[C@H](O)C1O.CC1OC(CO)[C@@H](O[C@@H]2OC(CS)[C@H](O)[C@H](O)C2O)[C@H](O)C1O.CCCO[C@@H]1OC(CO)[C@@H](O[C@@H]2OC(CO)[C@@H](O)[C@H](O)C2NC(C)=O)[C@H](O)C1C.CCCO[C@@H]1OC(CO)[C@@H](O[C@@H]2OC(CO)[C@@H](O)[C@H](O)C2O)[C@H](O)C1O.CCCO[C@@H]1OC(CO)[C@@H](O[C@@H]2OC(CO)[C@H](O)[C@H](O)C2O)[C@H](O)C1O. The summed E-state index contributed by atoms with van der Waals surface area (Å²) in [6, 6.07) is -1.17. The van der Waals surface area contributed by atoms with Crippen LogP contribution in [0.1, 0.15) is 67.7 Å². The minimum Gasteiger partial charge on any atom is -0.394 e. The molecule has 0 aromatic heterocycles. The number of aliphatic hydroxyl groups is 31. The molecule has 10 aliphatic heterocycles. The van der Waals surface area contributed by atoms with E-state index < -0.39 is 365 Å². The number of carbonyl (C=O) groups is 1. The zero-order valence-corrected chi connectivity index (χ0v) is 72.5. The molecule has 0 aromatic carbocycles. The van der Waals surface area contributed by atoms with E-state index in [1.165, 1.54) is 20.8 Å². The van der Waals surface area contributed by atoms with E-state index in [4.69, 9.17) is 85.3 Å². The van der Waals surface area contributed by atoms with Crippen molar-refractivity contribution < 1.29 is 248 Å². The molecule has 10 aliphatic rings. The summed E-state index contributed by atoms with van der Waals surface area (Å²) in [6.07, 6.45) is -60.2. The van der Waals surface area contributed by atoms with Crippen LogP contribution in [0, 0.1) is 5.92 Å². The first-order valence-electron chi connectivity index (χ1n) is 41.8. The predicted molar refractivity (Wildman–Crippen MR) is 420 cm³/mol. The van der Waals surface area contributed by atoms with Crippen LogP contribution in [-0.2, 0) is 90.1 Å². The molecular formula is C74H137NO50S2. The lowest BCUT2D eigenvalue weighted by Crippen LogP contribution is -2.67. The van der Waals surface area contributed by atoms with Gasteiger partial charge in [-0.15, -0.1) is 0 Å². The summed E-state index contributed by atoms with van der Waals surface area (Å²) in [5.41, 5.74) is 0. The maximum Gasteiger partial charge on any atom is 0.217 e. The zero-order chi connectivity index (χ0) is 95.2. The Bertz CT molecular complexity index is 2870. The Morgan fingerprint density at radius 2 is 0.480 bits per heavy atom. The molecule has 10 fully saturated rings. The fraction of sp³-hybridized carbons (Fsp3) is 0.986. The maximum absolute atomic E-state index is 11.5. The van der Waals surface area contributed by atoms with Gasteiger partial charge in [-0.05, 0) is 33.1 Å². The van der Waals surface area contributed by atoms with Gasteiger partial charge < -0.3 is 249 Å². The highest BCUT2D eigenvalue weighted by Crippen LogP contribution is 2.38. The van der Waals surface area contributed by atoms with Gasteiger partial charge in [0.05, 0.1) is 83.4 Å². The molecule has 10 saturated heterocycles. The van der Waals surface area contributed by atoms with E-state index in [1.54, 1.807) is 6.92 Å². The van der Waals surface area contributed by atoms with Crippen LogP contribution in [0.15, 0.2) is 0 Å². The van der Waals surface area contributed by atoms with Gasteiger partial charge in [-0.3, -0.25) is 4.79 Å². The Morgan fingerprint density at radius 3 is 0.764 bits per heavy atom. The number of rotatable bonds is 30. The smallest absolute Gasteiger partial charge is 0.217 e. The van der Waals surface area contributed by atoms with E-state index in [0.29, 0.717) is 19.4 Å². The second kappa shape index (κ2) is 54.4. The number of aliphatic hydroxyl groups excluding tert-OH is 31. The fourth-order valence-corrected chi connectivity index (χ4v) is 15.5. The second-order valence-electron chi connectivity index (χ2n) is 31.9. The molecule has 0 spiro atoms. The minimum absolute atomic E-state index is 0.0671. The van der Waals surface area contributed by atoms with Crippen molar-refractivity contribution in [2.75, 3.05) is 84.2 Å². The Morgan fingerprint density at radius 1 is 0.260 bits per heavy atom. The Kier molecular flexibility index (Phi) is 48.8. The number of nitrogens with one attached hydrogen (secondary N) is 1. The van der Waals surface area contributed by atoms with E-state index in [-0.39, 0.29) is 24.7 Å². The molecule has 0 bridgehead atoms. The number of ether oxygens (including phenoxy) is 18. The first-order valence-corrected chi connectivity index (χ1v) is 43.0. The third-order valence-corrected chi connectivity index (χ3v) is 23.3. The lowest BCUT2D eigenvalue weighted by molar-refractivity contribution is -0.359. The third kappa shape index (κ3) is 28.7. The van der Waals surface area contributed by atoms with Crippen molar-refractivity contribution in [3.05, 3.63) is 0 Å². The summed E-state index contributed by atoms with van der Waals surface area (Å²) in [7, 11) is 0. The van der Waals surface area contributed by atoms with Gasteiger partial charge in [0.2, 0.25) is 5.91 Å². The number of carbonyl (C=O) groups excluding carboxylic acids is 1. The van der Waals surface area contributed by atoms with Gasteiger partial charge in [-0.2, -0.15) is 25.3 Å². The van der Waals surface area contributed by atoms with E-state index in [9.17, 15) is 163 Å². The van der Waals surface area contributed by atoms with Gasteiger partial charge >= 0.3 is 0 Å². The van der Waals surface area contributed by atoms with Crippen LogP contribution in [0.3, 0.4) is 0 Å². The molecule has 1 amide bonds. The average Bonchev–Trinajstić information content (AvgIpc) is 0.779. The standard InChI is InChI=1S/C18H33NO10.2C15H28O11.2C13H24O9S/c1-4-5-26-17-8(2)13(23)16(11(7-21)28-17)29-18-12(19-9(3)22)15(25)14(24)10(6-20)27-18;2*1-2-3-23-14-12(22)10(20)13(7(5-17)25-14)26-15-11(21)9(19)8(18)6(4-16)24-15;2*1-4-7(15)10(18)12(5(2-14)20-4)22-13-11(19)9(17)8(16)6(3-23)21-13/h8,10-18,20-21,23-25H,4-7H2,1-3H3,(H,19,22);2*6-22H,2-5H2,1H3;2*4-19,23H,2-3H2,1H3/t8?,10?,11?,12?,13-,14-,15-,16-,17-,18+;6?,7?,8-,9+,10-,11?,12?,13-,14-,15+;6?,7?,8-,9-,10+,11?,12?,13+,14+,15-;4?,5?,6?,7?,8-,9+,10-,11?,12-,13+;4?,5?,6?,7?,8-,9-,10+,11?,12+,13-/m11010/s1. The van der Waals surface area contributed by atoms with Crippen LogP contribution in [-0.4, -0.2) is 549 Å². The van der Waals surface area contributed by atoms with Crippen molar-refractivity contribution >= 4 is 31.2 Å². The molecule has 32 N–H and O–H groups in total. The average molecular weight is 1910 g/mol. The van der Waals surface area contributed by atoms with E-state index in [2.05, 4.69) is 30.6 Å². The molecular weight excluding hydrogens is 1770 g/mol. The molecule has 10 heterocycles. The topological polar surface area (TPSA) is 822 Å². The molecule has 22 unspecified atom stereocenters. The number of amides is 1. The van der Waals surface area contributed by atoms with Crippen molar-refractivity contribution in [1.29, 1.82) is 0 Å². The van der Waals surface area contributed by atoms with E-state index in [0.717, 1.165) is 6.42 Å². The molecule has 0 saturated carbocycles. The summed E-state index contributed by atoms with van der Waals surface area (Å²) in [6.45, 7) is 8.08. The lowest BCUT2D eigenvalue weighted by atomic mass is 9.91. The first kappa shape index (κ1) is 114. The predicted octanol–water partition coefficient (Wildman–Crippen LogP) is -17.2. The van der Waals surface area contributed by atoms with Gasteiger partial charge in [0.25, 0.3) is 0 Å². The highest BCUT2D eigenvalue weighted by Gasteiger charge is 2.57. The van der Waals surface area contributed by atoms with Crippen LogP contribution in [0.2, 0.25) is 0 Å². The molecule has 50 atom stereocenters. The summed E-state index contributed by atoms with van der Waals surface area (Å²) in [4.78, 5) is 11.5. The largest absolute Gasteiger partial charge is 0.394 e. The van der Waals surface area contributed by atoms with Crippen LogP contribution >= 0.6 is 25.3 Å². The van der Waals surface area contributed by atoms with Gasteiger partial charge in [-0.1, -0.05) is 27.7 Å². The first-order chi connectivity index (χ1) is 60.1. The van der Waals surface area contributed by atoms with Crippen LogP contribution < -0.4 is 5.32 Å². The van der Waals surface area contributed by atoms with Crippen molar-refractivity contribution in [1.82, 2.24) is 5.32 Å². The molecule has 0 radical (unpaired) electrons. The monoisotopic (exact) mass is 1900 g/mol. The summed E-state index contributed by atoms with van der Waals surface area (Å²) >= 11 is 7.98. The molecule has 0 aromatic rings. The van der Waals surface area contributed by atoms with E-state index >= 15 is 0 Å². The molecule has 127 heavy (non-hydrogen) atoms. The van der Waals surface area contributed by atoms with Crippen molar-refractivity contribution in [2.45, 2.75) is 368 Å². The van der Waals surface area contributed by atoms with Gasteiger partial charge in [0.15, 0.2) is 50.3 Å². The van der Waals surface area contributed by atoms with Crippen molar-refractivity contribution in [3.63, 3.8) is 0 Å². The van der Waals surface area contributed by atoms with Crippen molar-refractivity contribution in [2.24, 2.45) is 5.92 Å². The Labute approximate surface area is 740 Å². The number of thiol groups is 2. The third-order valence-electron chi connectivity index (χ3n) is 22.6. The minimum atomic E-state index is -1.69. The van der Waals surface area contributed by atoms with E-state index in [1.807, 2.05) is 20.8 Å². The van der Waals surface area contributed by atoms with Gasteiger partial charge in [0, 0.05) is 44.2 Å². The molecule has 750 valence electrons. The summed E-state index contributed by atoms with van der Waals surface area (Å²) in [5, 5.41) is 308. The Balaban J connectivity index is 0.000000246. The zero-order valence-electron chi connectivity index (χ0n) is 70.7. The molecule has 10 rings (SSSR count). The second-order valence-corrected chi connectivity index (χ2v) is 32.6. The van der Waals surface area contributed by atoms with Crippen LogP contribution in [0.5, 0.6) is 0 Å². The van der Waals surface area contributed by atoms with Gasteiger partial charge in [-0.25, -0.2) is 0 Å². The number of hydrogen-bond acceptors (Lipinski definition) is 52. The summed E-state index contributed by atoms with van der Waals surface area (Å²) in [5.74, 6) is -0.863. The lowest BCUT2D eigenvalue weighted by Gasteiger charge is -2.47. The normalized spacial score (nSPS) is 47.8. The molecule has 53 heteroatoms. The van der Waals surface area contributed by atoms with Crippen LogP contribution in [0.25, 0.3) is 0 Å². The highest BCUT2D eigenvalue weighted by molar-refractivity contribution is 7.80. The fourth-order valence-electron chi connectivity index (χ4n) is 14.9. The highest BCUT2D eigenvalue weighted by atomic mass is 32.1. The summed E-state index contributed by atoms with van der Waals surface area (Å²) < 4.78 is 97.7. The Hall–Kier alpha value is -1.79. The maximum atomic E-state index is 11.5. The van der Waals surface area contributed by atoms with Crippen molar-refractivity contribution in [3.8, 4) is 0 Å². The molecule has 51 nitrogen and oxygen atoms in total. The van der Waals surface area contributed by atoms with Gasteiger partial charge in [0.1, 0.15) is 220 Å². The quantitative estimate of drug-likeness (QED) is 0.0297. The number of hydrogen-bond donors (Lipinski definition) is 34.